The van der Waals surface area contributed by atoms with Crippen LogP contribution < -0.4 is 0 Å². The molecule has 10 aliphatic heterocycles. The second kappa shape index (κ2) is 20.9. The number of hydrogen-bond donors (Lipinski definition) is 0. The first-order valence-electron chi connectivity index (χ1n) is 17.9. The summed E-state index contributed by atoms with van der Waals surface area (Å²) in [6.07, 6.45) is 9.29. The molecule has 0 spiro atoms. The molecule has 10 aliphatic rings. The number of rotatable bonds is 6. The highest BCUT2D eigenvalue weighted by molar-refractivity contribution is 8.44. The van der Waals surface area contributed by atoms with Gasteiger partial charge in [-0.1, -0.05) is 153 Å². The summed E-state index contributed by atoms with van der Waals surface area (Å²) in [5.41, 5.74) is 5.78. The molecule has 0 aromatic carbocycles. The van der Waals surface area contributed by atoms with Gasteiger partial charge in [0.25, 0.3) is 0 Å². The van der Waals surface area contributed by atoms with Crippen molar-refractivity contribution in [1.82, 2.24) is 0 Å². The maximum Gasteiger partial charge on any atom is 0.0660 e. The van der Waals surface area contributed by atoms with Gasteiger partial charge in [-0.3, -0.25) is 0 Å². The maximum absolute atomic E-state index is 2.37. The molecular formula is C38H32S20. The Labute approximate surface area is 428 Å². The van der Waals surface area contributed by atoms with Gasteiger partial charge in [-0.05, 0) is 62.1 Å². The van der Waals surface area contributed by atoms with Crippen molar-refractivity contribution >= 4 is 235 Å². The minimum atomic E-state index is 1.22. The van der Waals surface area contributed by atoms with E-state index in [0.717, 1.165) is 0 Å². The molecule has 0 N–H and O–H groups in total. The first-order valence-corrected chi connectivity index (χ1v) is 35.6. The fraction of sp³-hybridized carbons (Fsp3) is 0.316. The van der Waals surface area contributed by atoms with Crippen LogP contribution in [0.25, 0.3) is 0 Å². The Bertz CT molecular complexity index is 1900. The summed E-state index contributed by atoms with van der Waals surface area (Å²) in [4.78, 5) is 5.79. The summed E-state index contributed by atoms with van der Waals surface area (Å²) < 4.78 is 20.8. The third-order valence-electron chi connectivity index (χ3n) is 8.73. The van der Waals surface area contributed by atoms with E-state index in [9.17, 15) is 0 Å². The Morgan fingerprint density at radius 2 is 0.483 bits per heavy atom. The second-order valence-corrected chi connectivity index (χ2v) is 37.5. The van der Waals surface area contributed by atoms with Gasteiger partial charge >= 0.3 is 0 Å². The molecule has 0 atom stereocenters. The number of thioether (sulfide) groups is 20. The largest absolute Gasteiger partial charge is 0.116 e. The minimum absolute atomic E-state index is 1.22. The zero-order chi connectivity index (χ0) is 39.3. The minimum Gasteiger partial charge on any atom is -0.116 e. The molecule has 0 radical (unpaired) electrons. The van der Waals surface area contributed by atoms with Crippen molar-refractivity contribution in [3.63, 3.8) is 0 Å². The topological polar surface area (TPSA) is 0 Å². The number of allylic oxidation sites excluding steroid dienone is 8. The Hall–Kier alpha value is 3.62. The van der Waals surface area contributed by atoms with E-state index in [1.165, 1.54) is 147 Å². The van der Waals surface area contributed by atoms with Gasteiger partial charge in [0.15, 0.2) is 0 Å². The molecule has 0 fully saturated rings. The third-order valence-corrected chi connectivity index (χ3v) is 38.2. The van der Waals surface area contributed by atoms with E-state index in [4.69, 9.17) is 0 Å². The summed E-state index contributed by atoms with van der Waals surface area (Å²) in [6.45, 7) is 9.50. The van der Waals surface area contributed by atoms with Crippen LogP contribution in [0.5, 0.6) is 0 Å². The lowest BCUT2D eigenvalue weighted by Gasteiger charge is -2.11. The van der Waals surface area contributed by atoms with Crippen molar-refractivity contribution in [2.75, 3.05) is 46.0 Å². The van der Waals surface area contributed by atoms with Gasteiger partial charge in [-0.15, -0.1) is 94.1 Å². The maximum atomic E-state index is 2.37. The average Bonchev–Trinajstić information content (AvgIpc) is 4.11. The van der Waals surface area contributed by atoms with E-state index in [1.54, 1.807) is 0 Å². The highest BCUT2D eigenvalue weighted by Gasteiger charge is 2.35. The van der Waals surface area contributed by atoms with Gasteiger partial charge in [-0.25, -0.2) is 0 Å². The molecule has 10 heterocycles. The first-order chi connectivity index (χ1) is 28.4. The predicted octanol–water partition coefficient (Wildman–Crippen LogP) is 19.9. The molecule has 58 heavy (non-hydrogen) atoms. The van der Waals surface area contributed by atoms with Crippen LogP contribution in [0.1, 0.15) is 27.7 Å². The van der Waals surface area contributed by atoms with Crippen LogP contribution in [0.4, 0.5) is 0 Å². The molecule has 10 rings (SSSR count). The lowest BCUT2D eigenvalue weighted by molar-refractivity contribution is 1.45. The predicted molar refractivity (Wildman–Crippen MR) is 309 cm³/mol. The van der Waals surface area contributed by atoms with Crippen LogP contribution in [-0.4, -0.2) is 46.0 Å². The molecule has 0 aromatic rings. The summed E-state index contributed by atoms with van der Waals surface area (Å²) in [7, 11) is 0. The van der Waals surface area contributed by atoms with E-state index in [0.29, 0.717) is 0 Å². The zero-order valence-corrected chi connectivity index (χ0v) is 47.5. The third kappa shape index (κ3) is 10.1. The van der Waals surface area contributed by atoms with E-state index in [2.05, 4.69) is 52.0 Å². The molecule has 0 unspecified atom stereocenters. The SMILES string of the molecule is CC(=C1SC2=C(SCCS2)S1)C1=C(C(C)=C2SC3=C(SCCS3)S2)SC(=C/C=C/C=C2SC(C(C)=C3SC4=C(SCCS4)S3)=C(C(C)=C3SC4=C(SCCS4)S3)S2)S1. The lowest BCUT2D eigenvalue weighted by atomic mass is 10.2. The molecule has 0 saturated heterocycles. The second-order valence-electron chi connectivity index (χ2n) is 12.6. The molecule has 0 nitrogen and oxygen atoms in total. The van der Waals surface area contributed by atoms with Gasteiger partial charge in [-0.2, -0.15) is 0 Å². The van der Waals surface area contributed by atoms with Crippen LogP contribution in [0.2, 0.25) is 0 Å². The van der Waals surface area contributed by atoms with Crippen molar-refractivity contribution < 1.29 is 0 Å². The smallest absolute Gasteiger partial charge is 0.0660 e. The number of hydrogen-bond acceptors (Lipinski definition) is 20. The highest BCUT2D eigenvalue weighted by Crippen LogP contribution is 2.68. The van der Waals surface area contributed by atoms with Crippen LogP contribution in [0.15, 0.2) is 126 Å². The average molecular weight is 1130 g/mol. The summed E-state index contributed by atoms with van der Waals surface area (Å²) in [5.74, 6) is 9.78. The zero-order valence-electron chi connectivity index (χ0n) is 31.1. The Kier molecular flexibility index (Phi) is 16.3. The molecule has 0 aliphatic carbocycles. The van der Waals surface area contributed by atoms with Gasteiger partial charge in [0.05, 0.1) is 50.8 Å². The molecule has 304 valence electrons. The Morgan fingerprint density at radius 3 is 0.672 bits per heavy atom. The highest BCUT2D eigenvalue weighted by atomic mass is 32.3. The van der Waals surface area contributed by atoms with E-state index in [1.807, 2.05) is 235 Å². The lowest BCUT2D eigenvalue weighted by Crippen LogP contribution is -1.88. The van der Waals surface area contributed by atoms with Crippen molar-refractivity contribution in [3.8, 4) is 0 Å². The first kappa shape index (κ1) is 45.4. The quantitative estimate of drug-likeness (QED) is 0.248. The van der Waals surface area contributed by atoms with Gasteiger partial charge in [0.1, 0.15) is 0 Å². The molecule has 0 saturated carbocycles. The summed E-state index contributed by atoms with van der Waals surface area (Å²) in [5, 5.41) is 0. The Balaban J connectivity index is 0.900. The van der Waals surface area contributed by atoms with Crippen LogP contribution >= 0.6 is 235 Å². The molecule has 0 aromatic heterocycles. The standard InChI is InChI=1S/C38H32S20/c1-17(27-51-31-32(52-27)40-10-9-39-31)23-24(18(2)28-53-33-34(54-28)42-12-11-41-33)48-21(47-23)7-5-6-8-22-49-25(19(3)29-55-35-36(56-29)44-14-13-43-35)26(50-22)20(4)30-57-37-38(58-30)46-16-15-45-37/h5-8H,9-16H2,1-4H3/b6-5+. The van der Waals surface area contributed by atoms with Gasteiger partial charge in [0.2, 0.25) is 0 Å². The summed E-state index contributed by atoms with van der Waals surface area (Å²) >= 11 is 40.4. The molecule has 20 heteroatoms. The fourth-order valence-corrected chi connectivity index (χ4v) is 35.4. The monoisotopic (exact) mass is 1130 g/mol. The molecular weight excluding hydrogens is 1100 g/mol. The molecule has 0 amide bonds. The van der Waals surface area contributed by atoms with Crippen molar-refractivity contribution in [2.24, 2.45) is 0 Å². The van der Waals surface area contributed by atoms with E-state index < -0.39 is 0 Å². The van der Waals surface area contributed by atoms with Gasteiger partial charge < -0.3 is 0 Å². The van der Waals surface area contributed by atoms with Crippen molar-refractivity contribution in [2.45, 2.75) is 27.7 Å². The normalized spacial score (nSPS) is 25.0. The van der Waals surface area contributed by atoms with Crippen LogP contribution in [0, 0.1) is 0 Å². The van der Waals surface area contributed by atoms with Crippen molar-refractivity contribution in [3.05, 3.63) is 126 Å². The summed E-state index contributed by atoms with van der Waals surface area (Å²) in [6, 6.07) is 0. The van der Waals surface area contributed by atoms with Gasteiger partial charge in [0, 0.05) is 74.1 Å². The molecule has 0 bridgehead atoms. The van der Waals surface area contributed by atoms with Crippen LogP contribution in [-0.2, 0) is 0 Å². The fourth-order valence-electron chi connectivity index (χ4n) is 5.88. The van der Waals surface area contributed by atoms with Crippen molar-refractivity contribution in [1.29, 1.82) is 0 Å². The van der Waals surface area contributed by atoms with Crippen LogP contribution in [0.3, 0.4) is 0 Å². The van der Waals surface area contributed by atoms with E-state index >= 15 is 0 Å². The Morgan fingerprint density at radius 1 is 0.293 bits per heavy atom. The van der Waals surface area contributed by atoms with E-state index in [-0.39, 0.29) is 0 Å².